The van der Waals surface area contributed by atoms with Gasteiger partial charge in [-0.2, -0.15) is 0 Å². The molecule has 0 spiro atoms. The minimum atomic E-state index is -0.860. The van der Waals surface area contributed by atoms with Crippen LogP contribution >= 0.6 is 0 Å². The van der Waals surface area contributed by atoms with E-state index >= 15 is 0 Å². The van der Waals surface area contributed by atoms with E-state index < -0.39 is 14.5 Å². The van der Waals surface area contributed by atoms with Gasteiger partial charge >= 0.3 is 30.0 Å². The van der Waals surface area contributed by atoms with Crippen molar-refractivity contribution in [1.29, 1.82) is 0 Å². The van der Waals surface area contributed by atoms with Crippen LogP contribution in [0.1, 0.15) is 136 Å². The van der Waals surface area contributed by atoms with Gasteiger partial charge in [-0.1, -0.05) is 152 Å². The van der Waals surface area contributed by atoms with Crippen LogP contribution in [0.2, 0.25) is 15.8 Å². The van der Waals surface area contributed by atoms with Gasteiger partial charge in [0.25, 0.3) is 0 Å². The number of rotatable bonds is 23. The predicted molar refractivity (Wildman–Crippen MR) is 129 cm³/mol. The lowest BCUT2D eigenvalue weighted by atomic mass is 10.1. The van der Waals surface area contributed by atoms with Crippen LogP contribution in [0, 0.1) is 0 Å². The zero-order chi connectivity index (χ0) is 19.8. The molecule has 0 aliphatic rings. The summed E-state index contributed by atoms with van der Waals surface area (Å²) in [6.07, 6.45) is 25.9. The maximum Gasteiger partial charge on any atom is 0.430 e. The van der Waals surface area contributed by atoms with Crippen molar-refractivity contribution in [2.45, 2.75) is 152 Å². The van der Waals surface area contributed by atoms with Crippen molar-refractivity contribution in [3.8, 4) is 0 Å². The normalized spacial score (nSPS) is 11.1. The zero-order valence-electron chi connectivity index (χ0n) is 19.5. The predicted octanol–water partition coefficient (Wildman–Crippen LogP) is 8.85. The topological polar surface area (TPSA) is 9.23 Å². The Morgan fingerprint density at radius 1 is 0.481 bits per heavy atom. The van der Waals surface area contributed by atoms with Gasteiger partial charge < -0.3 is 2.84 Å². The van der Waals surface area contributed by atoms with Gasteiger partial charge in [-0.15, -0.1) is 0 Å². The molecule has 3 heteroatoms. The molecule has 0 saturated carbocycles. The largest absolute Gasteiger partial charge is 0.639 e. The quantitative estimate of drug-likeness (QED) is 0.121. The van der Waals surface area contributed by atoms with Crippen molar-refractivity contribution < 1.29 is 2.84 Å². The standard InChI is InChI=1S/3C8H17.2Al.O.H/c3*1-3-5-7-8-6-4-2;;;;/h3*1,3-8H2,2H3;;;;. The van der Waals surface area contributed by atoms with Crippen molar-refractivity contribution >= 4 is 30.0 Å². The lowest BCUT2D eigenvalue weighted by molar-refractivity contribution is 0.557. The summed E-state index contributed by atoms with van der Waals surface area (Å²) in [5.74, 6) is 0. The second kappa shape index (κ2) is 25.1. The summed E-state index contributed by atoms with van der Waals surface area (Å²) in [4.78, 5) is 0. The molecule has 0 heterocycles. The highest BCUT2D eigenvalue weighted by Gasteiger charge is 2.18. The summed E-state index contributed by atoms with van der Waals surface area (Å²) in [7, 11) is 0. The SMILES string of the molecule is CCCCCCC[CH2][AlH][O][Al]([CH2]CCCCCCC)[CH2]CCCCCCC. The van der Waals surface area contributed by atoms with Gasteiger partial charge in [0, 0.05) is 0 Å². The first-order chi connectivity index (χ1) is 13.3. The molecule has 0 aliphatic carbocycles. The zero-order valence-corrected chi connectivity index (χ0v) is 22.1. The minimum absolute atomic E-state index is 0.209. The van der Waals surface area contributed by atoms with Crippen molar-refractivity contribution in [2.75, 3.05) is 0 Å². The van der Waals surface area contributed by atoms with Gasteiger partial charge in [-0.05, 0) is 0 Å². The number of hydrogen-bond acceptors (Lipinski definition) is 1. The summed E-state index contributed by atoms with van der Waals surface area (Å²) < 4.78 is 6.60. The van der Waals surface area contributed by atoms with Gasteiger partial charge in [-0.3, -0.25) is 0 Å². The maximum atomic E-state index is 6.60. The lowest BCUT2D eigenvalue weighted by Gasteiger charge is -2.14. The first kappa shape index (κ1) is 28.0. The second-order valence-corrected chi connectivity index (χ2v) is 13.6. The molecule has 1 nitrogen and oxygen atoms in total. The van der Waals surface area contributed by atoms with E-state index in [0.29, 0.717) is 0 Å². The van der Waals surface area contributed by atoms with E-state index in [9.17, 15) is 0 Å². The van der Waals surface area contributed by atoms with Crippen LogP contribution in [0.3, 0.4) is 0 Å². The third-order valence-electron chi connectivity index (χ3n) is 5.86. The van der Waals surface area contributed by atoms with Gasteiger partial charge in [-0.25, -0.2) is 0 Å². The van der Waals surface area contributed by atoms with Crippen LogP contribution in [0.5, 0.6) is 0 Å². The van der Waals surface area contributed by atoms with Gasteiger partial charge in [0.05, 0.1) is 0 Å². The highest BCUT2D eigenvalue weighted by Crippen LogP contribution is 2.16. The fourth-order valence-corrected chi connectivity index (χ4v) is 9.59. The van der Waals surface area contributed by atoms with E-state index in [1.165, 1.54) is 131 Å². The highest BCUT2D eigenvalue weighted by molar-refractivity contribution is 6.58. The van der Waals surface area contributed by atoms with Crippen LogP contribution in [0.15, 0.2) is 0 Å². The molecule has 0 N–H and O–H groups in total. The first-order valence-corrected chi connectivity index (χ1v) is 16.6. The third-order valence-corrected chi connectivity index (χ3v) is 11.6. The lowest BCUT2D eigenvalue weighted by Crippen LogP contribution is -2.20. The van der Waals surface area contributed by atoms with Crippen molar-refractivity contribution in [1.82, 2.24) is 0 Å². The Kier molecular flexibility index (Phi) is 26.0. The fourth-order valence-electron chi connectivity index (χ4n) is 3.92. The molecule has 0 atom stereocenters. The first-order valence-electron chi connectivity index (χ1n) is 13.0. The molecule has 0 amide bonds. The average Bonchev–Trinajstić information content (AvgIpc) is 2.68. The van der Waals surface area contributed by atoms with Crippen molar-refractivity contribution in [3.63, 3.8) is 0 Å². The van der Waals surface area contributed by atoms with Crippen molar-refractivity contribution in [2.24, 2.45) is 0 Å². The van der Waals surface area contributed by atoms with E-state index in [1.54, 1.807) is 0 Å². The second-order valence-electron chi connectivity index (χ2n) is 8.73. The number of hydrogen-bond donors (Lipinski definition) is 0. The summed E-state index contributed by atoms with van der Waals surface area (Å²) in [6.45, 7) is 6.93. The van der Waals surface area contributed by atoms with Crippen LogP contribution < -0.4 is 0 Å². The molecule has 0 saturated heterocycles. The fraction of sp³-hybridized carbons (Fsp3) is 1.00. The van der Waals surface area contributed by atoms with Crippen LogP contribution in [-0.2, 0) is 2.84 Å². The molecule has 0 aromatic rings. The van der Waals surface area contributed by atoms with E-state index in [0.717, 1.165) is 0 Å². The Morgan fingerprint density at radius 2 is 0.852 bits per heavy atom. The van der Waals surface area contributed by atoms with Crippen LogP contribution in [-0.4, -0.2) is 30.0 Å². The van der Waals surface area contributed by atoms with E-state index in [1.807, 2.05) is 0 Å². The molecular weight excluding hydrogens is 358 g/mol. The monoisotopic (exact) mass is 410 g/mol. The molecule has 0 radical (unpaired) electrons. The van der Waals surface area contributed by atoms with Gasteiger partial charge in [0.15, 0.2) is 0 Å². The Bertz CT molecular complexity index is 245. The molecule has 160 valence electrons. The van der Waals surface area contributed by atoms with Crippen molar-refractivity contribution in [3.05, 3.63) is 0 Å². The van der Waals surface area contributed by atoms with Crippen LogP contribution in [0.25, 0.3) is 0 Å². The smallest absolute Gasteiger partial charge is 0.430 e. The summed E-state index contributed by atoms with van der Waals surface area (Å²) in [6, 6.07) is 0. The molecule has 27 heavy (non-hydrogen) atoms. The summed E-state index contributed by atoms with van der Waals surface area (Å²) in [5.41, 5.74) is 0. The van der Waals surface area contributed by atoms with E-state index in [-0.39, 0.29) is 15.6 Å². The molecular formula is C24H52Al2O. The van der Waals surface area contributed by atoms with E-state index in [2.05, 4.69) is 20.8 Å². The molecule has 0 unspecified atom stereocenters. The molecule has 0 aliphatic heterocycles. The Balaban J connectivity index is 3.77. The molecule has 0 rings (SSSR count). The molecule has 0 aromatic heterocycles. The summed E-state index contributed by atoms with van der Waals surface area (Å²) in [5, 5.41) is 4.40. The number of unbranched alkanes of at least 4 members (excludes halogenated alkanes) is 15. The third kappa shape index (κ3) is 23.2. The van der Waals surface area contributed by atoms with Gasteiger partial charge in [0.1, 0.15) is 0 Å². The Labute approximate surface area is 184 Å². The Hall–Kier alpha value is 1.02. The molecule has 0 bridgehead atoms. The highest BCUT2D eigenvalue weighted by atomic mass is 27.3. The van der Waals surface area contributed by atoms with E-state index in [4.69, 9.17) is 2.84 Å². The Morgan fingerprint density at radius 3 is 1.30 bits per heavy atom. The molecule has 0 fully saturated rings. The average molecular weight is 411 g/mol. The molecule has 0 aromatic carbocycles. The minimum Gasteiger partial charge on any atom is -0.639 e. The maximum absolute atomic E-state index is 6.60. The van der Waals surface area contributed by atoms with Gasteiger partial charge in [0.2, 0.25) is 0 Å². The van der Waals surface area contributed by atoms with Crippen LogP contribution in [0.4, 0.5) is 0 Å². The summed E-state index contributed by atoms with van der Waals surface area (Å²) >= 11 is -1.07.